The summed E-state index contributed by atoms with van der Waals surface area (Å²) in [6, 6.07) is 5.86. The van der Waals surface area contributed by atoms with Gasteiger partial charge in [-0.05, 0) is 30.5 Å². The topological polar surface area (TPSA) is 85.1 Å². The number of anilines is 1. The molecule has 0 atom stereocenters. The maximum atomic E-state index is 11.2. The lowest BCUT2D eigenvalue weighted by Gasteiger charge is -2.19. The largest absolute Gasteiger partial charge is 0.385 e. The first-order valence-electron chi connectivity index (χ1n) is 6.39. The Hall–Kier alpha value is -1.89. The first kappa shape index (κ1) is 13.1. The molecular weight excluding hydrogens is 278 g/mol. The Bertz CT molecular complexity index is 737. The van der Waals surface area contributed by atoms with E-state index in [0.29, 0.717) is 5.89 Å². The summed E-state index contributed by atoms with van der Waals surface area (Å²) in [6.45, 7) is 0.958. The lowest BCUT2D eigenvalue weighted by molar-refractivity contribution is 0.424. The highest BCUT2D eigenvalue weighted by molar-refractivity contribution is 7.89. The molecule has 0 radical (unpaired) electrons. The number of hydrogen-bond acceptors (Lipinski definition) is 6. The molecule has 0 saturated heterocycles. The van der Waals surface area contributed by atoms with Crippen LogP contribution in [0.2, 0.25) is 0 Å². The lowest BCUT2D eigenvalue weighted by Crippen LogP contribution is -2.12. The van der Waals surface area contributed by atoms with Crippen LogP contribution in [0.1, 0.15) is 17.8 Å². The van der Waals surface area contributed by atoms with Crippen molar-refractivity contribution in [2.75, 3.05) is 18.1 Å². The monoisotopic (exact) mass is 293 g/mol. The van der Waals surface area contributed by atoms with Gasteiger partial charge in [0, 0.05) is 24.1 Å². The number of hydrogen-bond donors (Lipinski definition) is 1. The van der Waals surface area contributed by atoms with Crippen LogP contribution in [0.25, 0.3) is 11.5 Å². The second-order valence-electron chi connectivity index (χ2n) is 4.95. The van der Waals surface area contributed by atoms with Crippen LogP contribution in [0.15, 0.2) is 22.7 Å². The second-order valence-corrected chi connectivity index (χ2v) is 7.09. The van der Waals surface area contributed by atoms with Crippen LogP contribution in [0.5, 0.6) is 0 Å². The van der Waals surface area contributed by atoms with Crippen LogP contribution >= 0.6 is 0 Å². The molecular formula is C13H15N3O3S. The Morgan fingerprint density at radius 1 is 1.40 bits per heavy atom. The van der Waals surface area contributed by atoms with Crippen molar-refractivity contribution in [1.29, 1.82) is 0 Å². The van der Waals surface area contributed by atoms with Gasteiger partial charge < -0.3 is 9.84 Å². The zero-order valence-electron chi connectivity index (χ0n) is 11.1. The molecule has 3 rings (SSSR count). The summed E-state index contributed by atoms with van der Waals surface area (Å²) in [5.74, 6) is 0.372. The first-order valence-corrected chi connectivity index (χ1v) is 8.45. The Kier molecular flexibility index (Phi) is 3.21. The number of nitrogens with one attached hydrogen (secondary N) is 1. The first-order chi connectivity index (χ1) is 9.53. The highest BCUT2D eigenvalue weighted by Gasteiger charge is 2.19. The zero-order valence-corrected chi connectivity index (χ0v) is 11.9. The quantitative estimate of drug-likeness (QED) is 0.926. The fourth-order valence-electron chi connectivity index (χ4n) is 2.37. The smallest absolute Gasteiger partial charge is 0.258 e. The third-order valence-corrected chi connectivity index (χ3v) is 3.97. The number of rotatable bonds is 3. The van der Waals surface area contributed by atoms with E-state index in [1.165, 1.54) is 0 Å². The molecule has 0 saturated carbocycles. The molecule has 2 heterocycles. The molecule has 7 heteroatoms. The fourth-order valence-corrected chi connectivity index (χ4v) is 2.95. The van der Waals surface area contributed by atoms with Crippen LogP contribution in [-0.4, -0.2) is 31.4 Å². The van der Waals surface area contributed by atoms with Crippen LogP contribution < -0.4 is 5.32 Å². The average molecular weight is 293 g/mol. The maximum absolute atomic E-state index is 11.2. The molecule has 0 aliphatic carbocycles. The molecule has 2 aromatic rings. The van der Waals surface area contributed by atoms with Crippen molar-refractivity contribution in [3.05, 3.63) is 29.6 Å². The highest BCUT2D eigenvalue weighted by Crippen LogP contribution is 2.31. The predicted octanol–water partition coefficient (Wildman–Crippen LogP) is 1.64. The Balaban J connectivity index is 1.98. The van der Waals surface area contributed by atoms with Crippen molar-refractivity contribution in [2.45, 2.75) is 18.6 Å². The summed E-state index contributed by atoms with van der Waals surface area (Å²) in [6.07, 6.45) is 3.15. The van der Waals surface area contributed by atoms with Gasteiger partial charge in [0.25, 0.3) is 5.89 Å². The summed E-state index contributed by atoms with van der Waals surface area (Å²) >= 11 is 0. The molecule has 0 amide bonds. The van der Waals surface area contributed by atoms with Crippen molar-refractivity contribution in [3.63, 3.8) is 0 Å². The van der Waals surface area contributed by atoms with E-state index >= 15 is 0 Å². The minimum Gasteiger partial charge on any atom is -0.385 e. The summed E-state index contributed by atoms with van der Waals surface area (Å²) < 4.78 is 27.7. The number of benzene rings is 1. The van der Waals surface area contributed by atoms with Crippen LogP contribution in [-0.2, 0) is 22.0 Å². The van der Waals surface area contributed by atoms with E-state index in [9.17, 15) is 8.42 Å². The van der Waals surface area contributed by atoms with E-state index < -0.39 is 9.84 Å². The van der Waals surface area contributed by atoms with Crippen LogP contribution in [0.4, 0.5) is 5.69 Å². The SMILES string of the molecule is CS(=O)(=O)Cc1noc(-c2cccc3c2CCCN3)n1. The average Bonchev–Trinajstić information content (AvgIpc) is 2.84. The number of fused-ring (bicyclic) bond motifs is 1. The van der Waals surface area contributed by atoms with Crippen LogP contribution in [0.3, 0.4) is 0 Å². The van der Waals surface area contributed by atoms with Gasteiger partial charge in [0.15, 0.2) is 15.7 Å². The molecule has 0 fully saturated rings. The van der Waals surface area contributed by atoms with Gasteiger partial charge >= 0.3 is 0 Å². The lowest BCUT2D eigenvalue weighted by atomic mass is 9.97. The van der Waals surface area contributed by atoms with Crippen molar-refractivity contribution in [3.8, 4) is 11.5 Å². The molecule has 1 N–H and O–H groups in total. The molecule has 0 unspecified atom stereocenters. The Morgan fingerprint density at radius 2 is 2.25 bits per heavy atom. The van der Waals surface area contributed by atoms with Gasteiger partial charge in [-0.1, -0.05) is 11.2 Å². The Morgan fingerprint density at radius 3 is 3.05 bits per heavy atom. The van der Waals surface area contributed by atoms with E-state index in [1.807, 2.05) is 18.2 Å². The minimum absolute atomic E-state index is 0.198. The van der Waals surface area contributed by atoms with E-state index in [-0.39, 0.29) is 11.6 Å². The van der Waals surface area contributed by atoms with Crippen molar-refractivity contribution < 1.29 is 12.9 Å². The standard InChI is InChI=1S/C13H15N3O3S/c1-20(17,18)8-12-15-13(19-16-12)10-4-2-6-11-9(10)5-3-7-14-11/h2,4,6,14H,3,5,7-8H2,1H3. The minimum atomic E-state index is -3.16. The molecule has 0 bridgehead atoms. The molecule has 1 aromatic carbocycles. The van der Waals surface area contributed by atoms with Crippen molar-refractivity contribution in [1.82, 2.24) is 10.1 Å². The van der Waals surface area contributed by atoms with Crippen LogP contribution in [0, 0.1) is 0 Å². The summed E-state index contributed by atoms with van der Waals surface area (Å²) in [5, 5.41) is 7.07. The fraction of sp³-hybridized carbons (Fsp3) is 0.385. The van der Waals surface area contributed by atoms with E-state index in [1.54, 1.807) is 0 Å². The molecule has 0 spiro atoms. The third-order valence-electron chi connectivity index (χ3n) is 3.18. The summed E-state index contributed by atoms with van der Waals surface area (Å²) in [7, 11) is -3.16. The number of aromatic nitrogens is 2. The third kappa shape index (κ3) is 2.67. The molecule has 20 heavy (non-hydrogen) atoms. The second kappa shape index (κ2) is 4.90. The number of sulfone groups is 1. The normalized spacial score (nSPS) is 14.7. The highest BCUT2D eigenvalue weighted by atomic mass is 32.2. The van der Waals surface area contributed by atoms with Gasteiger partial charge in [-0.15, -0.1) is 0 Å². The van der Waals surface area contributed by atoms with E-state index in [4.69, 9.17) is 4.52 Å². The van der Waals surface area contributed by atoms with Gasteiger partial charge in [0.1, 0.15) is 5.75 Å². The van der Waals surface area contributed by atoms with Gasteiger partial charge in [0.2, 0.25) is 0 Å². The van der Waals surface area contributed by atoms with Gasteiger partial charge in [-0.3, -0.25) is 0 Å². The summed E-state index contributed by atoms with van der Waals surface area (Å²) in [5.41, 5.74) is 3.10. The molecule has 1 aliphatic rings. The van der Waals surface area contributed by atoms with E-state index in [0.717, 1.165) is 42.5 Å². The summed E-state index contributed by atoms with van der Waals surface area (Å²) in [4.78, 5) is 4.19. The zero-order chi connectivity index (χ0) is 14.2. The molecule has 6 nitrogen and oxygen atoms in total. The molecule has 1 aliphatic heterocycles. The van der Waals surface area contributed by atoms with Crippen molar-refractivity contribution >= 4 is 15.5 Å². The van der Waals surface area contributed by atoms with Gasteiger partial charge in [0.05, 0.1) is 0 Å². The maximum Gasteiger partial charge on any atom is 0.258 e. The van der Waals surface area contributed by atoms with Gasteiger partial charge in [-0.2, -0.15) is 4.98 Å². The van der Waals surface area contributed by atoms with Crippen molar-refractivity contribution in [2.24, 2.45) is 0 Å². The Labute approximate surface area is 117 Å². The number of nitrogens with zero attached hydrogens (tertiary/aromatic N) is 2. The predicted molar refractivity (Wildman–Crippen MR) is 75.1 cm³/mol. The van der Waals surface area contributed by atoms with Gasteiger partial charge in [-0.25, -0.2) is 8.42 Å². The molecule has 1 aromatic heterocycles. The van der Waals surface area contributed by atoms with E-state index in [2.05, 4.69) is 15.5 Å². The molecule has 106 valence electrons.